The number of aliphatic hydroxyl groups is 1. The Bertz CT molecular complexity index is 476. The smallest absolute Gasteiger partial charge is 0.316 e. The van der Waals surface area contributed by atoms with E-state index in [2.05, 4.69) is 11.9 Å². The molecule has 0 saturated carbocycles. The lowest BCUT2D eigenvalue weighted by Crippen LogP contribution is -2.43. The molecule has 0 radical (unpaired) electrons. The fraction of sp³-hybridized carbons (Fsp3) is 0.588. The van der Waals surface area contributed by atoms with Gasteiger partial charge in [0.05, 0.1) is 6.61 Å². The summed E-state index contributed by atoms with van der Waals surface area (Å²) in [7, 11) is 2.17. The Labute approximate surface area is 125 Å². The molecule has 0 aromatic heterocycles. The van der Waals surface area contributed by atoms with Crippen LogP contribution in [0.3, 0.4) is 0 Å². The topological polar surface area (TPSA) is 49.8 Å². The van der Waals surface area contributed by atoms with Crippen molar-refractivity contribution in [1.29, 1.82) is 0 Å². The van der Waals surface area contributed by atoms with Gasteiger partial charge in [0.1, 0.15) is 12.0 Å². The summed E-state index contributed by atoms with van der Waals surface area (Å²) in [5.41, 5.74) is 0.820. The highest BCUT2D eigenvalue weighted by atomic mass is 16.6. The van der Waals surface area contributed by atoms with Crippen LogP contribution in [-0.2, 0) is 9.53 Å². The van der Waals surface area contributed by atoms with Gasteiger partial charge in [-0.3, -0.25) is 4.79 Å². The molecule has 2 aliphatic rings. The highest BCUT2D eigenvalue weighted by molar-refractivity contribution is 5.78. The van der Waals surface area contributed by atoms with Crippen molar-refractivity contribution in [2.75, 3.05) is 13.7 Å². The number of piperidine rings is 1. The molecule has 4 nitrogen and oxygen atoms in total. The lowest BCUT2D eigenvalue weighted by atomic mass is 10.0. The SMILES string of the molecule is CN1[C@@H]2CC[C@H]1CC(O[13C](=O)[13C@H](CO)c1ccccc1)C2. The van der Waals surface area contributed by atoms with Crippen LogP contribution < -0.4 is 0 Å². The third-order valence-electron chi connectivity index (χ3n) is 5.01. The van der Waals surface area contributed by atoms with Crippen LogP contribution in [0.15, 0.2) is 30.3 Å². The lowest BCUT2D eigenvalue weighted by molar-refractivity contribution is -0.155. The monoisotopic (exact) mass is 291 g/mol. The highest BCUT2D eigenvalue weighted by Crippen LogP contribution is 2.36. The van der Waals surface area contributed by atoms with Crippen LogP contribution in [0.25, 0.3) is 0 Å². The Morgan fingerprint density at radius 3 is 2.48 bits per heavy atom. The fourth-order valence-corrected chi connectivity index (χ4v) is 3.71. The van der Waals surface area contributed by atoms with Crippen molar-refractivity contribution in [3.8, 4) is 0 Å². The molecule has 2 fully saturated rings. The van der Waals surface area contributed by atoms with E-state index >= 15 is 0 Å². The van der Waals surface area contributed by atoms with Crippen LogP contribution in [0, 0.1) is 0 Å². The maximum Gasteiger partial charge on any atom is 0.316 e. The summed E-state index contributed by atoms with van der Waals surface area (Å²) >= 11 is 0. The van der Waals surface area contributed by atoms with E-state index in [9.17, 15) is 9.90 Å². The third-order valence-corrected chi connectivity index (χ3v) is 5.01. The zero-order valence-corrected chi connectivity index (χ0v) is 12.4. The Morgan fingerprint density at radius 1 is 1.29 bits per heavy atom. The number of hydrogen-bond acceptors (Lipinski definition) is 4. The van der Waals surface area contributed by atoms with Gasteiger partial charge in [0.15, 0.2) is 0 Å². The zero-order valence-electron chi connectivity index (χ0n) is 12.4. The van der Waals surface area contributed by atoms with Crippen molar-refractivity contribution >= 4 is 5.97 Å². The number of carbonyl (C=O) groups excluding carboxylic acids is 1. The number of carbonyl (C=O) groups is 1. The van der Waals surface area contributed by atoms with E-state index < -0.39 is 5.92 Å². The molecule has 1 aromatic carbocycles. The van der Waals surface area contributed by atoms with E-state index in [1.165, 1.54) is 12.8 Å². The number of nitrogens with zero attached hydrogens (tertiary/aromatic N) is 1. The van der Waals surface area contributed by atoms with Gasteiger partial charge in [-0.15, -0.1) is 0 Å². The quantitative estimate of drug-likeness (QED) is 0.680. The predicted octanol–water partition coefficient (Wildman–Crippen LogP) is 1.93. The molecule has 2 heterocycles. The summed E-state index contributed by atoms with van der Waals surface area (Å²) in [6, 6.07) is 10.5. The maximum atomic E-state index is 12.4. The second kappa shape index (κ2) is 6.16. The van der Waals surface area contributed by atoms with E-state index in [0.29, 0.717) is 12.1 Å². The molecule has 2 aliphatic heterocycles. The first-order valence-electron chi connectivity index (χ1n) is 7.77. The molecule has 4 atom stereocenters. The standard InChI is InChI=1S/C17H23NO3/c1-18-13-7-8-14(18)10-15(9-13)21-17(20)16(11-19)12-5-3-2-4-6-12/h2-6,13-16,19H,7-11H2,1H3/t13-,14+,15?,16-/m1/s1/i16+1,17+1. The van der Waals surface area contributed by atoms with Crippen molar-refractivity contribution in [3.05, 3.63) is 35.9 Å². The van der Waals surface area contributed by atoms with Crippen molar-refractivity contribution in [3.63, 3.8) is 0 Å². The van der Waals surface area contributed by atoms with Crippen molar-refractivity contribution in [1.82, 2.24) is 4.90 Å². The first-order chi connectivity index (χ1) is 10.2. The number of ether oxygens (including phenoxy) is 1. The molecule has 4 heteroatoms. The summed E-state index contributed by atoms with van der Waals surface area (Å²) in [4.78, 5) is 14.8. The number of esters is 1. The minimum absolute atomic E-state index is 0.00367. The van der Waals surface area contributed by atoms with Crippen LogP contribution in [-0.4, -0.2) is 47.8 Å². The van der Waals surface area contributed by atoms with Crippen LogP contribution in [0.4, 0.5) is 0 Å². The molecule has 1 aromatic rings. The molecular formula is C17H23NO3. The number of aliphatic hydroxyl groups excluding tert-OH is 1. The molecule has 2 saturated heterocycles. The van der Waals surface area contributed by atoms with E-state index in [1.54, 1.807) is 0 Å². The minimum atomic E-state index is -0.566. The van der Waals surface area contributed by atoms with Crippen molar-refractivity contribution < 1.29 is 14.6 Å². The zero-order chi connectivity index (χ0) is 14.8. The number of fused-ring (bicyclic) bond motifs is 2. The lowest BCUT2D eigenvalue weighted by Gasteiger charge is -2.36. The van der Waals surface area contributed by atoms with Crippen LogP contribution in [0.1, 0.15) is 37.2 Å². The average Bonchev–Trinajstić information content (AvgIpc) is 2.72. The Morgan fingerprint density at radius 2 is 1.90 bits per heavy atom. The van der Waals surface area contributed by atoms with Crippen LogP contribution >= 0.6 is 0 Å². The second-order valence-electron chi connectivity index (χ2n) is 6.23. The van der Waals surface area contributed by atoms with E-state index in [4.69, 9.17) is 4.74 Å². The molecule has 1 N–H and O–H groups in total. The minimum Gasteiger partial charge on any atom is -0.462 e. The molecule has 0 amide bonds. The molecule has 21 heavy (non-hydrogen) atoms. The molecule has 1 unspecified atom stereocenters. The molecule has 114 valence electrons. The van der Waals surface area contributed by atoms with Gasteiger partial charge < -0.3 is 14.7 Å². The number of hydrogen-bond donors (Lipinski definition) is 1. The van der Waals surface area contributed by atoms with Crippen LogP contribution in [0.2, 0.25) is 0 Å². The van der Waals surface area contributed by atoms with Crippen LogP contribution in [0.5, 0.6) is 0 Å². The van der Waals surface area contributed by atoms with Gasteiger partial charge in [-0.25, -0.2) is 0 Å². The van der Waals surface area contributed by atoms with Gasteiger partial charge in [-0.2, -0.15) is 0 Å². The van der Waals surface area contributed by atoms with Gasteiger partial charge in [0.2, 0.25) is 0 Å². The van der Waals surface area contributed by atoms with E-state index in [0.717, 1.165) is 18.4 Å². The maximum absolute atomic E-state index is 12.4. The summed E-state index contributed by atoms with van der Waals surface area (Å²) in [6.45, 7) is -0.206. The van der Waals surface area contributed by atoms with E-state index in [1.807, 2.05) is 30.3 Å². The Hall–Kier alpha value is -1.39. The number of benzene rings is 1. The van der Waals surface area contributed by atoms with Gasteiger partial charge >= 0.3 is 5.97 Å². The Balaban J connectivity index is 1.63. The molecule has 0 aliphatic carbocycles. The first kappa shape index (κ1) is 14.5. The summed E-state index contributed by atoms with van der Waals surface area (Å²) < 4.78 is 5.70. The molecule has 3 rings (SSSR count). The second-order valence-corrected chi connectivity index (χ2v) is 6.23. The van der Waals surface area contributed by atoms with Gasteiger partial charge in [0.25, 0.3) is 0 Å². The fourth-order valence-electron chi connectivity index (χ4n) is 3.71. The summed E-state index contributed by atoms with van der Waals surface area (Å²) in [6.07, 6.45) is 4.26. The van der Waals surface area contributed by atoms with Gasteiger partial charge in [0, 0.05) is 12.1 Å². The van der Waals surface area contributed by atoms with Gasteiger partial charge in [-0.1, -0.05) is 30.3 Å². The molecule has 2 bridgehead atoms. The Kier molecular flexibility index (Phi) is 4.27. The largest absolute Gasteiger partial charge is 0.462 e. The predicted molar refractivity (Wildman–Crippen MR) is 80.0 cm³/mol. The van der Waals surface area contributed by atoms with Crippen molar-refractivity contribution in [2.45, 2.75) is 49.8 Å². The molecule has 0 spiro atoms. The van der Waals surface area contributed by atoms with Crippen molar-refractivity contribution in [2.24, 2.45) is 0 Å². The van der Waals surface area contributed by atoms with E-state index in [-0.39, 0.29) is 18.7 Å². The number of rotatable bonds is 4. The normalized spacial score (nSPS) is 30.1. The third kappa shape index (κ3) is 2.97. The average molecular weight is 291 g/mol. The summed E-state index contributed by atoms with van der Waals surface area (Å²) in [5.74, 6) is -0.860. The summed E-state index contributed by atoms with van der Waals surface area (Å²) in [5, 5.41) is 9.53. The molecular weight excluding hydrogens is 268 g/mol. The van der Waals surface area contributed by atoms with Gasteiger partial charge in [-0.05, 0) is 38.3 Å². The first-order valence-corrected chi connectivity index (χ1v) is 7.77. The highest BCUT2D eigenvalue weighted by Gasteiger charge is 2.40.